The highest BCUT2D eigenvalue weighted by Crippen LogP contribution is 2.34. The number of benzene rings is 2. The molecule has 0 amide bonds. The zero-order valence-electron chi connectivity index (χ0n) is 12.6. The number of halogens is 3. The molecule has 0 bridgehead atoms. The molecule has 0 atom stereocenters. The average molecular weight is 344 g/mol. The van der Waals surface area contributed by atoms with E-state index >= 15 is 0 Å². The fourth-order valence-corrected chi connectivity index (χ4v) is 2.69. The summed E-state index contributed by atoms with van der Waals surface area (Å²) in [5.74, 6) is 0. The molecule has 8 heteroatoms. The Kier molecular flexibility index (Phi) is 3.28. The van der Waals surface area contributed by atoms with Gasteiger partial charge in [-0.05, 0) is 30.3 Å². The Hall–Kier alpha value is -3.29. The first-order valence-corrected chi connectivity index (χ1v) is 7.36. The average Bonchev–Trinajstić information content (AvgIpc) is 2.93. The van der Waals surface area contributed by atoms with Crippen LogP contribution in [0, 0.1) is 0 Å². The second-order valence-corrected chi connectivity index (χ2v) is 5.53. The van der Waals surface area contributed by atoms with Gasteiger partial charge >= 0.3 is 11.9 Å². The molecule has 4 rings (SSSR count). The molecule has 3 N–H and O–H groups in total. The highest BCUT2D eigenvalue weighted by Gasteiger charge is 2.33. The number of alkyl halides is 3. The van der Waals surface area contributed by atoms with Gasteiger partial charge in [0.1, 0.15) is 5.69 Å². The number of imidazole rings is 1. The number of rotatable bonds is 2. The van der Waals surface area contributed by atoms with Gasteiger partial charge in [-0.2, -0.15) is 13.2 Å². The third-order valence-corrected chi connectivity index (χ3v) is 3.80. The van der Waals surface area contributed by atoms with E-state index in [-0.39, 0.29) is 16.9 Å². The summed E-state index contributed by atoms with van der Waals surface area (Å²) in [6.07, 6.45) is -4.55. The second kappa shape index (κ2) is 5.37. The number of anilines is 2. The van der Waals surface area contributed by atoms with Crippen LogP contribution in [0.15, 0.2) is 53.3 Å². The Balaban J connectivity index is 1.85. The van der Waals surface area contributed by atoms with Crippen molar-refractivity contribution in [3.05, 3.63) is 64.7 Å². The first kappa shape index (κ1) is 15.3. The molecule has 4 aromatic rings. The summed E-state index contributed by atoms with van der Waals surface area (Å²) >= 11 is 0. The van der Waals surface area contributed by atoms with E-state index in [0.29, 0.717) is 22.1 Å². The van der Waals surface area contributed by atoms with Gasteiger partial charge in [-0.3, -0.25) is 0 Å². The molecule has 0 radical (unpaired) electrons. The van der Waals surface area contributed by atoms with Crippen LogP contribution in [0.4, 0.5) is 24.5 Å². The summed E-state index contributed by atoms with van der Waals surface area (Å²) in [6.45, 7) is 0. The number of aromatic amines is 2. The first-order valence-electron chi connectivity index (χ1n) is 7.36. The van der Waals surface area contributed by atoms with Gasteiger partial charge in [-0.15, -0.1) is 0 Å². The lowest BCUT2D eigenvalue weighted by Gasteiger charge is -2.13. The third-order valence-electron chi connectivity index (χ3n) is 3.80. The van der Waals surface area contributed by atoms with Gasteiger partial charge in [0, 0.05) is 11.1 Å². The Morgan fingerprint density at radius 1 is 0.960 bits per heavy atom. The molecule has 0 aliphatic rings. The number of pyridine rings is 1. The monoisotopic (exact) mass is 344 g/mol. The van der Waals surface area contributed by atoms with Crippen LogP contribution >= 0.6 is 0 Å². The molecule has 0 aliphatic carbocycles. The Morgan fingerprint density at radius 3 is 2.52 bits per heavy atom. The summed E-state index contributed by atoms with van der Waals surface area (Å²) in [6, 6.07) is 12.6. The van der Waals surface area contributed by atoms with E-state index in [1.54, 1.807) is 36.4 Å². The van der Waals surface area contributed by atoms with E-state index in [1.165, 1.54) is 6.07 Å². The van der Waals surface area contributed by atoms with Gasteiger partial charge in [0.15, 0.2) is 0 Å². The first-order chi connectivity index (χ1) is 11.9. The highest BCUT2D eigenvalue weighted by atomic mass is 19.4. The summed E-state index contributed by atoms with van der Waals surface area (Å²) in [5, 5.41) is 3.55. The Labute approximate surface area is 138 Å². The summed E-state index contributed by atoms with van der Waals surface area (Å²) in [4.78, 5) is 20.2. The number of para-hydroxylation sites is 1. The van der Waals surface area contributed by atoms with Crippen LogP contribution in [0.25, 0.3) is 21.9 Å². The van der Waals surface area contributed by atoms with E-state index in [1.807, 2.05) is 0 Å². The number of fused-ring (bicyclic) bond motifs is 2. The zero-order valence-corrected chi connectivity index (χ0v) is 12.6. The lowest BCUT2D eigenvalue weighted by Crippen LogP contribution is -2.09. The van der Waals surface area contributed by atoms with E-state index in [4.69, 9.17) is 0 Å². The van der Waals surface area contributed by atoms with Crippen LogP contribution in [0.5, 0.6) is 0 Å². The van der Waals surface area contributed by atoms with Crippen molar-refractivity contribution in [3.63, 3.8) is 0 Å². The molecule has 2 aromatic carbocycles. The number of nitrogens with zero attached hydrogens (tertiary/aromatic N) is 1. The van der Waals surface area contributed by atoms with Crippen molar-refractivity contribution in [1.29, 1.82) is 0 Å². The largest absolute Gasteiger partial charge is 0.433 e. The number of hydrogen-bond donors (Lipinski definition) is 3. The molecular weight excluding hydrogens is 333 g/mol. The molecule has 0 unspecified atom stereocenters. The number of hydrogen-bond acceptors (Lipinski definition) is 3. The standard InChI is InChI=1S/C17H11F3N4O/c18-17(19,20)15-8-13(10-3-1-2-4-11(10)22-15)21-9-5-6-12-14(7-9)24-16(25)23-12/h1-8H,(H,21,22)(H2,23,24,25). The van der Waals surface area contributed by atoms with E-state index < -0.39 is 11.9 Å². The Morgan fingerprint density at radius 2 is 1.72 bits per heavy atom. The molecule has 2 heterocycles. The third kappa shape index (κ3) is 2.82. The maximum atomic E-state index is 13.1. The summed E-state index contributed by atoms with van der Waals surface area (Å²) in [7, 11) is 0. The topological polar surface area (TPSA) is 73.6 Å². The van der Waals surface area contributed by atoms with Gasteiger partial charge in [-0.1, -0.05) is 18.2 Å². The Bertz CT molecular complexity index is 1140. The fourth-order valence-electron chi connectivity index (χ4n) is 2.69. The number of H-pyrrole nitrogens is 2. The predicted molar refractivity (Wildman–Crippen MR) is 88.9 cm³/mol. The van der Waals surface area contributed by atoms with Gasteiger partial charge in [0.25, 0.3) is 0 Å². The van der Waals surface area contributed by atoms with Gasteiger partial charge in [0.05, 0.1) is 22.2 Å². The molecule has 25 heavy (non-hydrogen) atoms. The van der Waals surface area contributed by atoms with E-state index in [9.17, 15) is 18.0 Å². The minimum atomic E-state index is -4.55. The molecule has 0 aliphatic heterocycles. The predicted octanol–water partition coefficient (Wildman–Crippen LogP) is 4.17. The van der Waals surface area contributed by atoms with Crippen LogP contribution in [-0.2, 0) is 6.18 Å². The number of nitrogens with one attached hydrogen (secondary N) is 3. The van der Waals surface area contributed by atoms with Gasteiger partial charge < -0.3 is 15.3 Å². The van der Waals surface area contributed by atoms with Crippen molar-refractivity contribution < 1.29 is 13.2 Å². The van der Waals surface area contributed by atoms with Crippen LogP contribution in [-0.4, -0.2) is 15.0 Å². The maximum Gasteiger partial charge on any atom is 0.433 e. The van der Waals surface area contributed by atoms with Gasteiger partial charge in [0.2, 0.25) is 0 Å². The lowest BCUT2D eigenvalue weighted by molar-refractivity contribution is -0.140. The van der Waals surface area contributed by atoms with Crippen molar-refractivity contribution >= 4 is 33.3 Å². The molecular formula is C17H11F3N4O. The zero-order chi connectivity index (χ0) is 17.6. The van der Waals surface area contributed by atoms with Crippen molar-refractivity contribution in [2.45, 2.75) is 6.18 Å². The van der Waals surface area contributed by atoms with Gasteiger partial charge in [-0.25, -0.2) is 9.78 Å². The normalized spacial score (nSPS) is 12.0. The SMILES string of the molecule is O=c1[nH]c2ccc(Nc3cc(C(F)(F)F)nc4ccccc34)cc2[nH]1. The smallest absolute Gasteiger partial charge is 0.355 e. The quantitative estimate of drug-likeness (QED) is 0.511. The minimum Gasteiger partial charge on any atom is -0.355 e. The van der Waals surface area contributed by atoms with Crippen LogP contribution < -0.4 is 11.0 Å². The molecule has 0 spiro atoms. The van der Waals surface area contributed by atoms with Crippen LogP contribution in [0.2, 0.25) is 0 Å². The van der Waals surface area contributed by atoms with Crippen LogP contribution in [0.3, 0.4) is 0 Å². The maximum absolute atomic E-state index is 13.1. The van der Waals surface area contributed by atoms with Crippen molar-refractivity contribution in [2.75, 3.05) is 5.32 Å². The fraction of sp³-hybridized carbons (Fsp3) is 0.0588. The van der Waals surface area contributed by atoms with Crippen molar-refractivity contribution in [2.24, 2.45) is 0 Å². The molecule has 0 saturated carbocycles. The molecule has 0 fully saturated rings. The molecule has 126 valence electrons. The molecule has 5 nitrogen and oxygen atoms in total. The summed E-state index contributed by atoms with van der Waals surface area (Å²) < 4.78 is 39.3. The van der Waals surface area contributed by atoms with Crippen molar-refractivity contribution in [1.82, 2.24) is 15.0 Å². The highest BCUT2D eigenvalue weighted by molar-refractivity contribution is 5.94. The lowest BCUT2D eigenvalue weighted by atomic mass is 10.1. The van der Waals surface area contributed by atoms with E-state index in [0.717, 1.165) is 6.07 Å². The summed E-state index contributed by atoms with van der Waals surface area (Å²) in [5.41, 5.74) is 0.944. The second-order valence-electron chi connectivity index (χ2n) is 5.53. The number of aromatic nitrogens is 3. The van der Waals surface area contributed by atoms with Crippen molar-refractivity contribution in [3.8, 4) is 0 Å². The molecule has 0 saturated heterocycles. The van der Waals surface area contributed by atoms with Crippen LogP contribution in [0.1, 0.15) is 5.69 Å². The van der Waals surface area contributed by atoms with E-state index in [2.05, 4.69) is 20.3 Å². The molecule has 2 aromatic heterocycles. The minimum absolute atomic E-state index is 0.246.